The lowest BCUT2D eigenvalue weighted by atomic mass is 9.95. The summed E-state index contributed by atoms with van der Waals surface area (Å²) in [5.41, 5.74) is 4.36. The zero-order valence-corrected chi connectivity index (χ0v) is 15.6. The van der Waals surface area contributed by atoms with Crippen molar-refractivity contribution in [2.75, 3.05) is 11.9 Å². The molecule has 0 bridgehead atoms. The SMILES string of the molecule is CCCNc1ncc2c(n1)-c1ccc(Cl)cc1C(c1ccccc1F)=NC2. The van der Waals surface area contributed by atoms with E-state index in [1.165, 1.54) is 6.07 Å². The van der Waals surface area contributed by atoms with Crippen molar-refractivity contribution >= 4 is 23.3 Å². The van der Waals surface area contributed by atoms with E-state index in [4.69, 9.17) is 16.6 Å². The van der Waals surface area contributed by atoms with Gasteiger partial charge >= 0.3 is 0 Å². The van der Waals surface area contributed by atoms with Crippen molar-refractivity contribution in [2.45, 2.75) is 19.9 Å². The average Bonchev–Trinajstić information content (AvgIpc) is 2.83. The maximum atomic E-state index is 14.5. The molecule has 2 aromatic carbocycles. The number of rotatable bonds is 4. The molecule has 0 saturated heterocycles. The van der Waals surface area contributed by atoms with Crippen molar-refractivity contribution in [3.8, 4) is 11.3 Å². The van der Waals surface area contributed by atoms with Crippen molar-refractivity contribution in [1.82, 2.24) is 9.97 Å². The van der Waals surface area contributed by atoms with Crippen LogP contribution >= 0.6 is 11.6 Å². The number of halogens is 2. The van der Waals surface area contributed by atoms with Gasteiger partial charge in [-0.1, -0.05) is 36.7 Å². The zero-order chi connectivity index (χ0) is 18.8. The highest BCUT2D eigenvalue weighted by Gasteiger charge is 2.22. The summed E-state index contributed by atoms with van der Waals surface area (Å²) in [6, 6.07) is 12.2. The summed E-state index contributed by atoms with van der Waals surface area (Å²) in [4.78, 5) is 13.8. The summed E-state index contributed by atoms with van der Waals surface area (Å²) in [7, 11) is 0. The monoisotopic (exact) mass is 380 g/mol. The van der Waals surface area contributed by atoms with Gasteiger partial charge in [0, 0.05) is 40.0 Å². The predicted octanol–water partition coefficient (Wildman–Crippen LogP) is 5.11. The Labute approximate surface area is 162 Å². The van der Waals surface area contributed by atoms with E-state index in [0.717, 1.165) is 35.3 Å². The smallest absolute Gasteiger partial charge is 0.223 e. The summed E-state index contributed by atoms with van der Waals surface area (Å²) in [6.07, 6.45) is 2.76. The first-order valence-corrected chi connectivity index (χ1v) is 9.24. The fraction of sp³-hybridized carbons (Fsp3) is 0.190. The molecule has 0 aliphatic carbocycles. The second-order valence-electron chi connectivity index (χ2n) is 6.33. The molecule has 6 heteroatoms. The summed E-state index contributed by atoms with van der Waals surface area (Å²) in [6.45, 7) is 3.25. The first kappa shape index (κ1) is 17.6. The highest BCUT2D eigenvalue weighted by molar-refractivity contribution is 6.31. The second-order valence-corrected chi connectivity index (χ2v) is 6.77. The Balaban J connectivity index is 1.90. The Morgan fingerprint density at radius 1 is 1.11 bits per heavy atom. The number of hydrogen-bond acceptors (Lipinski definition) is 4. The van der Waals surface area contributed by atoms with Crippen LogP contribution in [0.3, 0.4) is 0 Å². The molecule has 3 aromatic rings. The molecule has 0 amide bonds. The Morgan fingerprint density at radius 2 is 1.96 bits per heavy atom. The minimum absolute atomic E-state index is 0.315. The maximum Gasteiger partial charge on any atom is 0.223 e. The summed E-state index contributed by atoms with van der Waals surface area (Å²) < 4.78 is 14.5. The zero-order valence-electron chi connectivity index (χ0n) is 14.8. The molecule has 0 radical (unpaired) electrons. The van der Waals surface area contributed by atoms with Crippen molar-refractivity contribution in [3.05, 3.63) is 76.2 Å². The Morgan fingerprint density at radius 3 is 2.78 bits per heavy atom. The van der Waals surface area contributed by atoms with Crippen molar-refractivity contribution < 1.29 is 4.39 Å². The Kier molecular flexibility index (Phi) is 4.86. The molecule has 2 heterocycles. The largest absolute Gasteiger partial charge is 0.354 e. The molecule has 0 unspecified atom stereocenters. The van der Waals surface area contributed by atoms with E-state index in [2.05, 4.69) is 22.2 Å². The Bertz CT molecular complexity index is 1030. The second kappa shape index (κ2) is 7.45. The number of benzene rings is 2. The van der Waals surface area contributed by atoms with Crippen LogP contribution in [0.25, 0.3) is 11.3 Å². The average molecular weight is 381 g/mol. The lowest BCUT2D eigenvalue weighted by Crippen LogP contribution is -2.08. The molecule has 0 saturated carbocycles. The molecule has 1 aromatic heterocycles. The molecular formula is C21H18ClFN4. The topological polar surface area (TPSA) is 50.2 Å². The van der Waals surface area contributed by atoms with Crippen LogP contribution in [0.15, 0.2) is 53.7 Å². The first-order chi connectivity index (χ1) is 13.2. The normalized spacial score (nSPS) is 12.6. The minimum atomic E-state index is -0.315. The number of fused-ring (bicyclic) bond motifs is 3. The van der Waals surface area contributed by atoms with Gasteiger partial charge in [-0.2, -0.15) is 0 Å². The van der Waals surface area contributed by atoms with E-state index in [0.29, 0.717) is 28.8 Å². The van der Waals surface area contributed by atoms with E-state index >= 15 is 0 Å². The molecule has 4 rings (SSSR count). The number of aromatic nitrogens is 2. The molecule has 0 atom stereocenters. The van der Waals surface area contributed by atoms with Gasteiger partial charge in [0.1, 0.15) is 5.82 Å². The number of aliphatic imine (C=N–C) groups is 1. The quantitative estimate of drug-likeness (QED) is 0.684. The lowest BCUT2D eigenvalue weighted by Gasteiger charge is -2.13. The van der Waals surface area contributed by atoms with Crippen LogP contribution < -0.4 is 5.32 Å². The van der Waals surface area contributed by atoms with Crippen molar-refractivity contribution in [1.29, 1.82) is 0 Å². The van der Waals surface area contributed by atoms with E-state index < -0.39 is 0 Å². The van der Waals surface area contributed by atoms with E-state index in [9.17, 15) is 4.39 Å². The fourth-order valence-corrected chi connectivity index (χ4v) is 3.30. The molecule has 1 N–H and O–H groups in total. The molecular weight excluding hydrogens is 363 g/mol. The van der Waals surface area contributed by atoms with Crippen LogP contribution in [0.5, 0.6) is 0 Å². The van der Waals surface area contributed by atoms with E-state index in [-0.39, 0.29) is 5.82 Å². The number of hydrogen-bond donors (Lipinski definition) is 1. The number of anilines is 1. The third kappa shape index (κ3) is 3.43. The summed E-state index contributed by atoms with van der Waals surface area (Å²) >= 11 is 6.26. The number of nitrogens with zero attached hydrogens (tertiary/aromatic N) is 3. The van der Waals surface area contributed by atoms with Gasteiger partial charge in [0.2, 0.25) is 5.95 Å². The lowest BCUT2D eigenvalue weighted by molar-refractivity contribution is 0.625. The van der Waals surface area contributed by atoms with Crippen molar-refractivity contribution in [3.63, 3.8) is 0 Å². The highest BCUT2D eigenvalue weighted by Crippen LogP contribution is 2.33. The standard InChI is InChI=1S/C21H18ClFN4/c1-2-9-24-21-26-12-13-11-25-20(16-5-3-4-6-18(16)23)17-10-14(22)7-8-15(17)19(13)27-21/h3-8,10,12H,2,9,11H2,1H3,(H,24,26,27). The molecule has 1 aliphatic heterocycles. The molecule has 0 fully saturated rings. The highest BCUT2D eigenvalue weighted by atomic mass is 35.5. The molecule has 4 nitrogen and oxygen atoms in total. The summed E-state index contributed by atoms with van der Waals surface area (Å²) in [5, 5.41) is 3.78. The third-order valence-electron chi connectivity index (χ3n) is 4.43. The number of nitrogens with one attached hydrogen (secondary N) is 1. The van der Waals surface area contributed by atoms with Crippen molar-refractivity contribution in [2.24, 2.45) is 4.99 Å². The Hall–Kier alpha value is -2.79. The van der Waals surface area contributed by atoms with Crippen LogP contribution in [0.4, 0.5) is 10.3 Å². The van der Waals surface area contributed by atoms with Crippen LogP contribution in [0, 0.1) is 5.82 Å². The van der Waals surface area contributed by atoms with Crippen LogP contribution in [-0.2, 0) is 6.54 Å². The fourth-order valence-electron chi connectivity index (χ4n) is 3.13. The van der Waals surface area contributed by atoms with Gasteiger partial charge in [0.15, 0.2) is 0 Å². The van der Waals surface area contributed by atoms with Gasteiger partial charge in [0.25, 0.3) is 0 Å². The van der Waals surface area contributed by atoms with Gasteiger partial charge in [-0.3, -0.25) is 4.99 Å². The van der Waals surface area contributed by atoms with Gasteiger partial charge < -0.3 is 5.32 Å². The van der Waals surface area contributed by atoms with E-state index in [1.54, 1.807) is 24.4 Å². The van der Waals surface area contributed by atoms with Crippen LogP contribution in [-0.4, -0.2) is 22.2 Å². The van der Waals surface area contributed by atoms with Gasteiger partial charge in [0.05, 0.1) is 18.0 Å². The summed E-state index contributed by atoms with van der Waals surface area (Å²) in [5.74, 6) is 0.260. The first-order valence-electron chi connectivity index (χ1n) is 8.87. The molecule has 0 spiro atoms. The minimum Gasteiger partial charge on any atom is -0.354 e. The van der Waals surface area contributed by atoms with Crippen LogP contribution in [0.2, 0.25) is 5.02 Å². The molecule has 1 aliphatic rings. The molecule has 136 valence electrons. The van der Waals surface area contributed by atoms with Gasteiger partial charge in [-0.05, 0) is 30.7 Å². The van der Waals surface area contributed by atoms with Gasteiger partial charge in [-0.15, -0.1) is 0 Å². The predicted molar refractivity (Wildman–Crippen MR) is 107 cm³/mol. The van der Waals surface area contributed by atoms with Gasteiger partial charge in [-0.25, -0.2) is 14.4 Å². The third-order valence-corrected chi connectivity index (χ3v) is 4.66. The van der Waals surface area contributed by atoms with Crippen LogP contribution in [0.1, 0.15) is 30.0 Å². The van der Waals surface area contributed by atoms with E-state index in [1.807, 2.05) is 18.2 Å². The maximum absolute atomic E-state index is 14.5. The molecule has 27 heavy (non-hydrogen) atoms.